The molecule has 2 atom stereocenters. The Hall–Kier alpha value is -7.42. The predicted molar refractivity (Wildman–Crippen MR) is 242 cm³/mol. The molecule has 0 N–H and O–H groups in total. The van der Waals surface area contributed by atoms with Crippen LogP contribution in [0.4, 0.5) is 0 Å². The van der Waals surface area contributed by atoms with Crippen LogP contribution in [-0.2, 0) is 0 Å². The SMILES string of the molecule is C1=CC2C=C(c3ccc(-c4cc(-c5ccccc5)nc(-c5cccc(-c6c7ccccc7c(-c7ccccc7)c7ccccc67)c5)n4)cc3)c3ccccc3C2C=C1. The molecule has 0 saturated carbocycles. The molecule has 2 aliphatic rings. The molecule has 0 bridgehead atoms. The van der Waals surface area contributed by atoms with Crippen molar-refractivity contribution in [1.29, 1.82) is 0 Å². The lowest BCUT2D eigenvalue weighted by Gasteiger charge is -2.31. The summed E-state index contributed by atoms with van der Waals surface area (Å²) in [6.45, 7) is 0. The molecule has 2 nitrogen and oxygen atoms in total. The standard InChI is InChI=1S/C56H38N2/c1-3-16-38(17-4-1)52-36-53(39-32-30-37(31-33-39)51-35-41-20-7-8-23-44(41)45-24-9-10-25-46(45)51)58-56(57-52)43-22-15-21-42(34-43)55-49-28-13-11-26-47(49)54(40-18-5-2-6-19-40)48-27-12-14-29-50(48)55/h1-36,41,44H. The maximum Gasteiger partial charge on any atom is 0.160 e. The fourth-order valence-corrected chi connectivity index (χ4v) is 9.13. The molecule has 0 spiro atoms. The lowest BCUT2D eigenvalue weighted by atomic mass is 9.73. The highest BCUT2D eigenvalue weighted by molar-refractivity contribution is 6.21. The summed E-state index contributed by atoms with van der Waals surface area (Å²) in [5, 5.41) is 4.92. The molecular formula is C56H38N2. The number of aromatic nitrogens is 2. The Bertz CT molecular complexity index is 3040. The van der Waals surface area contributed by atoms with Crippen molar-refractivity contribution in [3.63, 3.8) is 0 Å². The van der Waals surface area contributed by atoms with Gasteiger partial charge in [-0.25, -0.2) is 9.97 Å². The van der Waals surface area contributed by atoms with E-state index in [2.05, 4.69) is 212 Å². The predicted octanol–water partition coefficient (Wildman–Crippen LogP) is 14.4. The summed E-state index contributed by atoms with van der Waals surface area (Å²) in [5.74, 6) is 1.43. The third-order valence-corrected chi connectivity index (χ3v) is 11.8. The molecule has 2 unspecified atom stereocenters. The molecule has 0 radical (unpaired) electrons. The van der Waals surface area contributed by atoms with E-state index >= 15 is 0 Å². The van der Waals surface area contributed by atoms with Gasteiger partial charge in [-0.3, -0.25) is 0 Å². The van der Waals surface area contributed by atoms with Crippen molar-refractivity contribution < 1.29 is 0 Å². The van der Waals surface area contributed by atoms with Gasteiger partial charge < -0.3 is 0 Å². The minimum atomic E-state index is 0.348. The van der Waals surface area contributed by atoms with Crippen molar-refractivity contribution in [2.75, 3.05) is 0 Å². The maximum absolute atomic E-state index is 5.30. The van der Waals surface area contributed by atoms with Gasteiger partial charge in [0, 0.05) is 28.5 Å². The van der Waals surface area contributed by atoms with E-state index in [0.29, 0.717) is 17.7 Å². The first-order chi connectivity index (χ1) is 28.8. The molecular weight excluding hydrogens is 701 g/mol. The Morgan fingerprint density at radius 1 is 0.362 bits per heavy atom. The van der Waals surface area contributed by atoms with Gasteiger partial charge in [0.1, 0.15) is 0 Å². The number of nitrogens with zero attached hydrogens (tertiary/aromatic N) is 2. The summed E-state index contributed by atoms with van der Waals surface area (Å²) in [6.07, 6.45) is 11.4. The van der Waals surface area contributed by atoms with Gasteiger partial charge in [-0.15, -0.1) is 0 Å². The van der Waals surface area contributed by atoms with Gasteiger partial charge in [0.25, 0.3) is 0 Å². The molecule has 0 aliphatic heterocycles. The Morgan fingerprint density at radius 2 is 0.862 bits per heavy atom. The second-order valence-corrected chi connectivity index (χ2v) is 15.2. The number of hydrogen-bond donors (Lipinski definition) is 0. The second kappa shape index (κ2) is 14.3. The van der Waals surface area contributed by atoms with Crippen LogP contribution in [0.2, 0.25) is 0 Å². The van der Waals surface area contributed by atoms with E-state index in [1.54, 1.807) is 0 Å². The zero-order valence-electron chi connectivity index (χ0n) is 31.8. The fraction of sp³-hybridized carbons (Fsp3) is 0.0357. The lowest BCUT2D eigenvalue weighted by molar-refractivity contribution is 0.689. The smallest absolute Gasteiger partial charge is 0.160 e. The number of allylic oxidation sites excluding steroid dienone is 5. The molecule has 2 aliphatic carbocycles. The van der Waals surface area contributed by atoms with Crippen LogP contribution in [0.5, 0.6) is 0 Å². The molecule has 0 saturated heterocycles. The quantitative estimate of drug-likeness (QED) is 0.159. The van der Waals surface area contributed by atoms with Crippen LogP contribution in [0, 0.1) is 5.92 Å². The average Bonchev–Trinajstić information content (AvgIpc) is 3.31. The second-order valence-electron chi connectivity index (χ2n) is 15.2. The largest absolute Gasteiger partial charge is 0.228 e. The summed E-state index contributed by atoms with van der Waals surface area (Å²) >= 11 is 0. The van der Waals surface area contributed by atoms with E-state index in [9.17, 15) is 0 Å². The number of fused-ring (bicyclic) bond motifs is 5. The summed E-state index contributed by atoms with van der Waals surface area (Å²) in [7, 11) is 0. The Labute approximate surface area is 338 Å². The highest BCUT2D eigenvalue weighted by atomic mass is 14.9. The minimum absolute atomic E-state index is 0.348. The van der Waals surface area contributed by atoms with Crippen LogP contribution in [0.3, 0.4) is 0 Å². The number of hydrogen-bond acceptors (Lipinski definition) is 2. The topological polar surface area (TPSA) is 25.8 Å². The highest BCUT2D eigenvalue weighted by Gasteiger charge is 2.28. The van der Waals surface area contributed by atoms with Crippen molar-refractivity contribution in [3.05, 3.63) is 235 Å². The van der Waals surface area contributed by atoms with Gasteiger partial charge in [-0.1, -0.05) is 206 Å². The van der Waals surface area contributed by atoms with Gasteiger partial charge >= 0.3 is 0 Å². The van der Waals surface area contributed by atoms with Crippen LogP contribution in [0.1, 0.15) is 22.6 Å². The molecule has 0 amide bonds. The van der Waals surface area contributed by atoms with Crippen molar-refractivity contribution in [2.45, 2.75) is 5.92 Å². The summed E-state index contributed by atoms with van der Waals surface area (Å²) in [6, 6.07) is 67.5. The molecule has 2 heteroatoms. The first-order valence-corrected chi connectivity index (χ1v) is 20.1. The van der Waals surface area contributed by atoms with E-state index in [-0.39, 0.29) is 0 Å². The molecule has 0 fully saturated rings. The number of rotatable bonds is 6. The molecule has 11 rings (SSSR count). The summed E-state index contributed by atoms with van der Waals surface area (Å²) in [4.78, 5) is 10.5. The first kappa shape index (κ1) is 33.9. The van der Waals surface area contributed by atoms with E-state index in [4.69, 9.17) is 9.97 Å². The molecule has 9 aromatic rings. The van der Waals surface area contributed by atoms with E-state index in [0.717, 1.165) is 33.6 Å². The normalized spacial score (nSPS) is 15.6. The van der Waals surface area contributed by atoms with Crippen LogP contribution in [-0.4, -0.2) is 9.97 Å². The Balaban J connectivity index is 1.04. The van der Waals surface area contributed by atoms with Crippen LogP contribution < -0.4 is 0 Å². The van der Waals surface area contributed by atoms with E-state index in [1.165, 1.54) is 60.5 Å². The molecule has 58 heavy (non-hydrogen) atoms. The third kappa shape index (κ3) is 5.90. The molecule has 272 valence electrons. The number of benzene rings is 8. The Kier molecular flexibility index (Phi) is 8.33. The molecule has 8 aromatic carbocycles. The fourth-order valence-electron chi connectivity index (χ4n) is 9.13. The van der Waals surface area contributed by atoms with Crippen LogP contribution in [0.25, 0.3) is 83.3 Å². The van der Waals surface area contributed by atoms with Gasteiger partial charge in [0.15, 0.2) is 5.82 Å². The van der Waals surface area contributed by atoms with Crippen molar-refractivity contribution in [1.82, 2.24) is 9.97 Å². The van der Waals surface area contributed by atoms with Crippen molar-refractivity contribution in [3.8, 4) is 56.2 Å². The minimum Gasteiger partial charge on any atom is -0.228 e. The van der Waals surface area contributed by atoms with Crippen LogP contribution >= 0.6 is 0 Å². The monoisotopic (exact) mass is 738 g/mol. The van der Waals surface area contributed by atoms with Crippen LogP contribution in [0.15, 0.2) is 218 Å². The average molecular weight is 739 g/mol. The van der Waals surface area contributed by atoms with E-state index < -0.39 is 0 Å². The summed E-state index contributed by atoms with van der Waals surface area (Å²) in [5.41, 5.74) is 14.9. The van der Waals surface area contributed by atoms with Gasteiger partial charge in [-0.05, 0) is 78.2 Å². The van der Waals surface area contributed by atoms with Gasteiger partial charge in [0.05, 0.1) is 11.4 Å². The lowest BCUT2D eigenvalue weighted by Crippen LogP contribution is -2.16. The van der Waals surface area contributed by atoms with E-state index in [1.807, 2.05) is 6.07 Å². The van der Waals surface area contributed by atoms with Gasteiger partial charge in [0.2, 0.25) is 0 Å². The zero-order chi connectivity index (χ0) is 38.4. The Morgan fingerprint density at radius 3 is 1.53 bits per heavy atom. The highest BCUT2D eigenvalue weighted by Crippen LogP contribution is 2.45. The summed E-state index contributed by atoms with van der Waals surface area (Å²) < 4.78 is 0. The molecule has 1 heterocycles. The van der Waals surface area contributed by atoms with Crippen molar-refractivity contribution in [2.24, 2.45) is 5.92 Å². The molecule has 1 aromatic heterocycles. The van der Waals surface area contributed by atoms with Gasteiger partial charge in [-0.2, -0.15) is 0 Å². The maximum atomic E-state index is 5.30. The first-order valence-electron chi connectivity index (χ1n) is 20.1. The third-order valence-electron chi connectivity index (χ3n) is 11.8. The van der Waals surface area contributed by atoms with Crippen molar-refractivity contribution >= 4 is 27.1 Å². The zero-order valence-corrected chi connectivity index (χ0v) is 31.8.